The maximum atomic E-state index is 15.2. The van der Waals surface area contributed by atoms with Crippen LogP contribution in [0.25, 0.3) is 10.8 Å². The molecule has 0 spiro atoms. The van der Waals surface area contributed by atoms with Crippen molar-refractivity contribution >= 4 is 28.1 Å². The fraction of sp³-hybridized carbons (Fsp3) is 0.263. The second-order valence-corrected chi connectivity index (χ2v) is 7.38. The van der Waals surface area contributed by atoms with Gasteiger partial charge in [-0.3, -0.25) is 4.79 Å². The van der Waals surface area contributed by atoms with Crippen molar-refractivity contribution in [2.45, 2.75) is 30.5 Å². The number of halogens is 3. The third-order valence-corrected chi connectivity index (χ3v) is 5.69. The van der Waals surface area contributed by atoms with Crippen LogP contribution < -0.4 is 10.9 Å². The van der Waals surface area contributed by atoms with Crippen molar-refractivity contribution in [2.75, 3.05) is 5.32 Å². The Hall–Kier alpha value is -2.47. The first-order valence-electron chi connectivity index (χ1n) is 8.40. The molecular weight excluding hydrogens is 360 g/mol. The molecule has 1 aromatic heterocycles. The summed E-state index contributed by atoms with van der Waals surface area (Å²) in [5, 5.41) is 11.0. The van der Waals surface area contributed by atoms with E-state index in [9.17, 15) is 9.18 Å². The van der Waals surface area contributed by atoms with Crippen LogP contribution in [0.3, 0.4) is 0 Å². The lowest BCUT2D eigenvalue weighted by molar-refractivity contribution is 0.253. The zero-order valence-corrected chi connectivity index (χ0v) is 14.3. The van der Waals surface area contributed by atoms with Crippen LogP contribution in [0.5, 0.6) is 0 Å². The van der Waals surface area contributed by atoms with E-state index in [1.807, 2.05) is 12.1 Å². The summed E-state index contributed by atoms with van der Waals surface area (Å²) < 4.78 is 29.2. The number of hydrogen-bond acceptors (Lipinski definition) is 3. The molecule has 3 aromatic rings. The number of aromatic amines is 1. The number of benzene rings is 2. The van der Waals surface area contributed by atoms with Crippen molar-refractivity contribution in [3.63, 3.8) is 0 Å². The van der Waals surface area contributed by atoms with E-state index in [2.05, 4.69) is 15.5 Å². The van der Waals surface area contributed by atoms with E-state index in [-0.39, 0.29) is 5.39 Å². The third kappa shape index (κ3) is 2.18. The molecule has 0 amide bonds. The fourth-order valence-corrected chi connectivity index (χ4v) is 4.20. The van der Waals surface area contributed by atoms with Gasteiger partial charge < -0.3 is 5.32 Å². The molecule has 2 heterocycles. The summed E-state index contributed by atoms with van der Waals surface area (Å²) in [5.41, 5.74) is -0.269. The van der Waals surface area contributed by atoms with Gasteiger partial charge in [0.25, 0.3) is 5.56 Å². The van der Waals surface area contributed by atoms with Crippen LogP contribution in [-0.4, -0.2) is 21.9 Å². The molecule has 1 aliphatic carbocycles. The topological polar surface area (TPSA) is 57.8 Å². The van der Waals surface area contributed by atoms with Crippen molar-refractivity contribution in [3.8, 4) is 0 Å². The SMILES string of the molecule is O=c1[nH]nc2c3c(cc(F)cc13)N[C@@H](C1(F)CC1)[C@@H]2c1ccccc1Cl. The monoisotopic (exact) mass is 373 g/mol. The Kier molecular flexibility index (Phi) is 3.19. The van der Waals surface area contributed by atoms with Gasteiger partial charge in [0, 0.05) is 16.1 Å². The fourth-order valence-electron chi connectivity index (χ4n) is 3.95. The van der Waals surface area contributed by atoms with Crippen LogP contribution in [-0.2, 0) is 0 Å². The molecule has 2 aliphatic rings. The second-order valence-electron chi connectivity index (χ2n) is 6.97. The van der Waals surface area contributed by atoms with Gasteiger partial charge in [0.1, 0.15) is 11.5 Å². The molecule has 132 valence electrons. The summed E-state index contributed by atoms with van der Waals surface area (Å²) in [6.07, 6.45) is 0.839. The standard InChI is InChI=1S/C19H14ClF2N3O/c20-12-4-2-1-3-10(12)15-16-14-11(18(26)25-24-16)7-9(21)8-13(14)23-17(15)19(22)5-6-19/h1-4,7-8,15,17,23H,5-6H2,(H,25,26)/t15-,17-/m1/s1. The van der Waals surface area contributed by atoms with Crippen LogP contribution >= 0.6 is 11.6 Å². The van der Waals surface area contributed by atoms with Crippen molar-refractivity contribution in [1.29, 1.82) is 0 Å². The highest BCUT2D eigenvalue weighted by Gasteiger charge is 2.56. The molecule has 0 saturated heterocycles. The minimum absolute atomic E-state index is 0.191. The maximum Gasteiger partial charge on any atom is 0.272 e. The van der Waals surface area contributed by atoms with Crippen LogP contribution in [0.15, 0.2) is 41.2 Å². The van der Waals surface area contributed by atoms with Gasteiger partial charge in [-0.25, -0.2) is 13.9 Å². The lowest BCUT2D eigenvalue weighted by Gasteiger charge is -2.36. The third-order valence-electron chi connectivity index (χ3n) is 5.35. The van der Waals surface area contributed by atoms with Gasteiger partial charge in [0.05, 0.1) is 23.0 Å². The van der Waals surface area contributed by atoms with Crippen molar-refractivity contribution in [3.05, 3.63) is 68.8 Å². The molecule has 7 heteroatoms. The highest BCUT2D eigenvalue weighted by molar-refractivity contribution is 6.31. The molecule has 1 fully saturated rings. The first-order chi connectivity index (χ1) is 12.5. The summed E-state index contributed by atoms with van der Waals surface area (Å²) in [7, 11) is 0. The van der Waals surface area contributed by atoms with Crippen LogP contribution in [0.1, 0.15) is 30.0 Å². The first kappa shape index (κ1) is 15.8. The molecule has 2 N–H and O–H groups in total. The molecule has 0 bridgehead atoms. The Morgan fingerprint density at radius 1 is 1.23 bits per heavy atom. The molecule has 4 nitrogen and oxygen atoms in total. The molecular formula is C19H14ClF2N3O. The van der Waals surface area contributed by atoms with Crippen LogP contribution in [0, 0.1) is 5.82 Å². The first-order valence-corrected chi connectivity index (χ1v) is 8.77. The number of nitrogens with one attached hydrogen (secondary N) is 2. The number of H-pyrrole nitrogens is 1. The summed E-state index contributed by atoms with van der Waals surface area (Å²) in [4.78, 5) is 12.2. The van der Waals surface area contributed by atoms with Gasteiger partial charge in [0.15, 0.2) is 0 Å². The highest BCUT2D eigenvalue weighted by atomic mass is 35.5. The van der Waals surface area contributed by atoms with Gasteiger partial charge in [0.2, 0.25) is 0 Å². The molecule has 1 saturated carbocycles. The average Bonchev–Trinajstić information content (AvgIpc) is 3.36. The summed E-state index contributed by atoms with van der Waals surface area (Å²) in [6, 6.07) is 9.04. The molecule has 5 rings (SSSR count). The van der Waals surface area contributed by atoms with Gasteiger partial charge in [-0.2, -0.15) is 5.10 Å². The van der Waals surface area contributed by atoms with Crippen molar-refractivity contribution in [2.24, 2.45) is 0 Å². The van der Waals surface area contributed by atoms with Gasteiger partial charge in [-0.05, 0) is 36.6 Å². The molecule has 2 aromatic carbocycles. The van der Waals surface area contributed by atoms with Gasteiger partial charge in [-0.15, -0.1) is 0 Å². The lowest BCUT2D eigenvalue weighted by atomic mass is 9.80. The minimum Gasteiger partial charge on any atom is -0.377 e. The molecule has 2 atom stereocenters. The van der Waals surface area contributed by atoms with E-state index in [1.165, 1.54) is 12.1 Å². The quantitative estimate of drug-likeness (QED) is 0.709. The Morgan fingerprint density at radius 3 is 2.73 bits per heavy atom. The average molecular weight is 374 g/mol. The van der Waals surface area contributed by atoms with E-state index in [4.69, 9.17) is 11.6 Å². The Labute approximate surface area is 152 Å². The minimum atomic E-state index is -1.42. The summed E-state index contributed by atoms with van der Waals surface area (Å²) >= 11 is 6.40. The Bertz CT molecular complexity index is 1110. The number of rotatable bonds is 2. The van der Waals surface area contributed by atoms with Gasteiger partial charge in [-0.1, -0.05) is 29.8 Å². The van der Waals surface area contributed by atoms with Crippen molar-refractivity contribution < 1.29 is 8.78 Å². The van der Waals surface area contributed by atoms with Crippen LogP contribution in [0.4, 0.5) is 14.5 Å². The van der Waals surface area contributed by atoms with E-state index in [1.54, 1.807) is 12.1 Å². The van der Waals surface area contributed by atoms with Gasteiger partial charge >= 0.3 is 0 Å². The summed E-state index contributed by atoms with van der Waals surface area (Å²) in [5.74, 6) is -1.05. The predicted molar refractivity (Wildman–Crippen MR) is 96.1 cm³/mol. The second kappa shape index (κ2) is 5.27. The lowest BCUT2D eigenvalue weighted by Crippen LogP contribution is -2.42. The van der Waals surface area contributed by atoms with E-state index in [0.29, 0.717) is 34.6 Å². The van der Waals surface area contributed by atoms with Crippen molar-refractivity contribution in [1.82, 2.24) is 10.2 Å². The smallest absolute Gasteiger partial charge is 0.272 e. The van der Waals surface area contributed by atoms with Crippen LogP contribution in [0.2, 0.25) is 5.02 Å². The molecule has 26 heavy (non-hydrogen) atoms. The number of nitrogens with zero attached hydrogens (tertiary/aromatic N) is 1. The number of alkyl halides is 1. The highest BCUT2D eigenvalue weighted by Crippen LogP contribution is 2.53. The molecule has 1 aliphatic heterocycles. The van der Waals surface area contributed by atoms with E-state index < -0.39 is 29.0 Å². The number of hydrogen-bond donors (Lipinski definition) is 2. The molecule has 0 radical (unpaired) electrons. The number of anilines is 1. The van der Waals surface area contributed by atoms with E-state index >= 15 is 4.39 Å². The normalized spacial score (nSPS) is 22.9. The zero-order valence-electron chi connectivity index (χ0n) is 13.5. The Balaban J connectivity index is 1.85. The Morgan fingerprint density at radius 2 is 2.00 bits per heavy atom. The number of aromatic nitrogens is 2. The largest absolute Gasteiger partial charge is 0.377 e. The zero-order chi connectivity index (χ0) is 18.1. The molecule has 0 unspecified atom stereocenters. The maximum absolute atomic E-state index is 15.2. The van der Waals surface area contributed by atoms with E-state index in [0.717, 1.165) is 5.56 Å². The predicted octanol–water partition coefficient (Wildman–Crippen LogP) is 4.14. The summed E-state index contributed by atoms with van der Waals surface area (Å²) in [6.45, 7) is 0.